The summed E-state index contributed by atoms with van der Waals surface area (Å²) in [6.07, 6.45) is 3.90. The molecular formula is C10H11N3O2. The molecule has 2 aromatic rings. The van der Waals surface area contributed by atoms with Crippen molar-refractivity contribution in [1.29, 1.82) is 0 Å². The number of carboxylic acids is 1. The van der Waals surface area contributed by atoms with Gasteiger partial charge < -0.3 is 10.1 Å². The van der Waals surface area contributed by atoms with Crippen LogP contribution < -0.4 is 0 Å². The van der Waals surface area contributed by atoms with E-state index in [4.69, 9.17) is 5.11 Å². The number of aromatic amines is 2. The minimum absolute atomic E-state index is 0.315. The number of nitrogens with zero attached hydrogens (tertiary/aromatic N) is 1. The van der Waals surface area contributed by atoms with Gasteiger partial charge in [-0.2, -0.15) is 5.10 Å². The summed E-state index contributed by atoms with van der Waals surface area (Å²) in [5.41, 5.74) is 2.98. The molecule has 0 bridgehead atoms. The van der Waals surface area contributed by atoms with Gasteiger partial charge in [-0.25, -0.2) is 4.79 Å². The molecule has 2 rings (SSSR count). The second kappa shape index (κ2) is 3.61. The molecule has 0 amide bonds. The van der Waals surface area contributed by atoms with Crippen molar-refractivity contribution in [2.24, 2.45) is 0 Å². The summed E-state index contributed by atoms with van der Waals surface area (Å²) in [5.74, 6) is -0.910. The molecular weight excluding hydrogens is 194 g/mol. The van der Waals surface area contributed by atoms with Crippen LogP contribution in [0.1, 0.15) is 27.3 Å². The smallest absolute Gasteiger partial charge is 0.337 e. The average Bonchev–Trinajstić information content (AvgIpc) is 2.77. The van der Waals surface area contributed by atoms with Crippen molar-refractivity contribution in [3.8, 4) is 0 Å². The van der Waals surface area contributed by atoms with Crippen LogP contribution in [-0.4, -0.2) is 26.3 Å². The Morgan fingerprint density at radius 1 is 1.60 bits per heavy atom. The summed E-state index contributed by atoms with van der Waals surface area (Å²) in [6, 6.07) is 1.56. The average molecular weight is 205 g/mol. The molecule has 5 nitrogen and oxygen atoms in total. The fraction of sp³-hybridized carbons (Fsp3) is 0.200. The maximum Gasteiger partial charge on any atom is 0.337 e. The zero-order chi connectivity index (χ0) is 10.8. The van der Waals surface area contributed by atoms with Gasteiger partial charge in [0, 0.05) is 24.0 Å². The van der Waals surface area contributed by atoms with Crippen LogP contribution in [0.5, 0.6) is 0 Å². The van der Waals surface area contributed by atoms with E-state index in [2.05, 4.69) is 15.2 Å². The lowest BCUT2D eigenvalue weighted by molar-refractivity contribution is 0.0696. The fourth-order valence-electron chi connectivity index (χ4n) is 1.49. The highest BCUT2D eigenvalue weighted by atomic mass is 16.4. The zero-order valence-electron chi connectivity index (χ0n) is 8.24. The Morgan fingerprint density at radius 3 is 3.00 bits per heavy atom. The number of hydrogen-bond acceptors (Lipinski definition) is 2. The van der Waals surface area contributed by atoms with E-state index in [1.165, 1.54) is 0 Å². The lowest BCUT2D eigenvalue weighted by atomic mass is 10.1. The summed E-state index contributed by atoms with van der Waals surface area (Å²) in [7, 11) is 0. The maximum absolute atomic E-state index is 10.9. The summed E-state index contributed by atoms with van der Waals surface area (Å²) in [5, 5.41) is 15.6. The van der Waals surface area contributed by atoms with Gasteiger partial charge >= 0.3 is 5.97 Å². The Balaban J connectivity index is 2.28. The SMILES string of the molecule is Cc1[nH]ncc1Cc1[nH]ccc1C(=O)O. The van der Waals surface area contributed by atoms with Crippen LogP contribution in [0.4, 0.5) is 0 Å². The third-order valence-electron chi connectivity index (χ3n) is 2.36. The molecule has 0 fully saturated rings. The second-order valence-electron chi connectivity index (χ2n) is 3.37. The predicted octanol–water partition coefficient (Wildman–Crippen LogP) is 1.34. The number of hydrogen-bond donors (Lipinski definition) is 3. The zero-order valence-corrected chi connectivity index (χ0v) is 8.24. The molecule has 0 aliphatic carbocycles. The Hall–Kier alpha value is -2.04. The molecule has 0 spiro atoms. The summed E-state index contributed by atoms with van der Waals surface area (Å²) < 4.78 is 0. The molecule has 0 atom stereocenters. The number of rotatable bonds is 3. The van der Waals surface area contributed by atoms with Crippen molar-refractivity contribution in [2.45, 2.75) is 13.3 Å². The van der Waals surface area contributed by atoms with Crippen LogP contribution in [0, 0.1) is 6.92 Å². The van der Waals surface area contributed by atoms with E-state index in [0.29, 0.717) is 17.7 Å². The minimum Gasteiger partial charge on any atom is -0.478 e. The lowest BCUT2D eigenvalue weighted by Crippen LogP contribution is -2.01. The van der Waals surface area contributed by atoms with Gasteiger partial charge in [-0.15, -0.1) is 0 Å². The van der Waals surface area contributed by atoms with Gasteiger partial charge in [-0.1, -0.05) is 0 Å². The first kappa shape index (κ1) is 9.51. The first-order chi connectivity index (χ1) is 7.18. The van der Waals surface area contributed by atoms with Crippen molar-refractivity contribution in [3.63, 3.8) is 0 Å². The fourth-order valence-corrected chi connectivity index (χ4v) is 1.49. The topological polar surface area (TPSA) is 81.8 Å². The molecule has 78 valence electrons. The molecule has 15 heavy (non-hydrogen) atoms. The van der Waals surface area contributed by atoms with Crippen molar-refractivity contribution in [3.05, 3.63) is 41.0 Å². The van der Waals surface area contributed by atoms with Crippen molar-refractivity contribution in [1.82, 2.24) is 15.2 Å². The molecule has 0 saturated carbocycles. The number of carboxylic acid groups (broad SMARTS) is 1. The molecule has 2 aromatic heterocycles. The monoisotopic (exact) mass is 205 g/mol. The summed E-state index contributed by atoms with van der Waals surface area (Å²) in [6.45, 7) is 1.91. The molecule has 5 heteroatoms. The molecule has 3 N–H and O–H groups in total. The Kier molecular flexibility index (Phi) is 2.29. The van der Waals surface area contributed by atoms with Crippen molar-refractivity contribution >= 4 is 5.97 Å². The molecule has 0 saturated heterocycles. The van der Waals surface area contributed by atoms with E-state index in [9.17, 15) is 4.79 Å². The van der Waals surface area contributed by atoms with E-state index in [-0.39, 0.29) is 0 Å². The Bertz CT molecular complexity index is 484. The number of aromatic carboxylic acids is 1. The molecule has 0 unspecified atom stereocenters. The number of H-pyrrole nitrogens is 2. The van der Waals surface area contributed by atoms with Crippen molar-refractivity contribution in [2.75, 3.05) is 0 Å². The highest BCUT2D eigenvalue weighted by Gasteiger charge is 2.12. The molecule has 0 aliphatic rings. The molecule has 2 heterocycles. The number of aromatic nitrogens is 3. The first-order valence-electron chi connectivity index (χ1n) is 4.57. The summed E-state index contributed by atoms with van der Waals surface area (Å²) in [4.78, 5) is 13.8. The standard InChI is InChI=1S/C10H11N3O2/c1-6-7(5-12-13-6)4-9-8(10(14)15)2-3-11-9/h2-3,5,11H,4H2,1H3,(H,12,13)(H,14,15). The Morgan fingerprint density at radius 2 is 2.40 bits per heavy atom. The van der Waals surface area contributed by atoms with Crippen LogP contribution in [-0.2, 0) is 6.42 Å². The van der Waals surface area contributed by atoms with Crippen LogP contribution in [0.3, 0.4) is 0 Å². The van der Waals surface area contributed by atoms with E-state index in [0.717, 1.165) is 11.3 Å². The number of carbonyl (C=O) groups is 1. The van der Waals surface area contributed by atoms with Crippen LogP contribution >= 0.6 is 0 Å². The maximum atomic E-state index is 10.9. The van der Waals surface area contributed by atoms with E-state index in [1.807, 2.05) is 6.92 Å². The molecule has 0 radical (unpaired) electrons. The van der Waals surface area contributed by atoms with Gasteiger partial charge in [0.15, 0.2) is 0 Å². The van der Waals surface area contributed by atoms with Gasteiger partial charge in [-0.05, 0) is 18.6 Å². The predicted molar refractivity (Wildman–Crippen MR) is 53.9 cm³/mol. The first-order valence-corrected chi connectivity index (χ1v) is 4.57. The highest BCUT2D eigenvalue weighted by Crippen LogP contribution is 2.14. The minimum atomic E-state index is -0.910. The van der Waals surface area contributed by atoms with Gasteiger partial charge in [0.1, 0.15) is 0 Å². The second-order valence-corrected chi connectivity index (χ2v) is 3.37. The van der Waals surface area contributed by atoms with E-state index >= 15 is 0 Å². The number of aryl methyl sites for hydroxylation is 1. The Labute approximate surface area is 86.1 Å². The molecule has 0 aliphatic heterocycles. The lowest BCUT2D eigenvalue weighted by Gasteiger charge is -1.99. The van der Waals surface area contributed by atoms with E-state index in [1.54, 1.807) is 18.5 Å². The third kappa shape index (κ3) is 1.76. The van der Waals surface area contributed by atoms with Gasteiger partial charge in [0.25, 0.3) is 0 Å². The van der Waals surface area contributed by atoms with Crippen LogP contribution in [0.15, 0.2) is 18.5 Å². The third-order valence-corrected chi connectivity index (χ3v) is 2.36. The van der Waals surface area contributed by atoms with E-state index < -0.39 is 5.97 Å². The van der Waals surface area contributed by atoms with Crippen LogP contribution in [0.25, 0.3) is 0 Å². The summed E-state index contributed by atoms with van der Waals surface area (Å²) >= 11 is 0. The highest BCUT2D eigenvalue weighted by molar-refractivity contribution is 5.89. The molecule has 0 aromatic carbocycles. The van der Waals surface area contributed by atoms with Crippen LogP contribution in [0.2, 0.25) is 0 Å². The van der Waals surface area contributed by atoms with Gasteiger partial charge in [0.2, 0.25) is 0 Å². The quantitative estimate of drug-likeness (QED) is 0.707. The number of nitrogens with one attached hydrogen (secondary N) is 2. The normalized spacial score (nSPS) is 10.5. The van der Waals surface area contributed by atoms with Gasteiger partial charge in [0.05, 0.1) is 11.8 Å². The van der Waals surface area contributed by atoms with Crippen molar-refractivity contribution < 1.29 is 9.90 Å². The van der Waals surface area contributed by atoms with Gasteiger partial charge in [-0.3, -0.25) is 5.10 Å². The largest absolute Gasteiger partial charge is 0.478 e.